The van der Waals surface area contributed by atoms with Gasteiger partial charge in [-0.3, -0.25) is 9.78 Å². The molecule has 0 spiro atoms. The summed E-state index contributed by atoms with van der Waals surface area (Å²) in [4.78, 5) is 16.8. The zero-order valence-corrected chi connectivity index (χ0v) is 21.8. The van der Waals surface area contributed by atoms with Crippen LogP contribution in [0.4, 0.5) is 4.39 Å². The Kier molecular flexibility index (Phi) is 9.23. The number of aliphatic hydroxyl groups excluding tert-OH is 2. The summed E-state index contributed by atoms with van der Waals surface area (Å²) < 4.78 is 18.9. The number of carbonyl (C=O) groups excluding carboxylic acids is 1. The normalized spacial score (nSPS) is 14.7. The number of hydrogen-bond acceptors (Lipinski definition) is 5. The Morgan fingerprint density at radius 1 is 1.14 bits per heavy atom. The standard InChI is InChI=1S/C29H33ClFNO4/c1-18(30)15-26-24(14-13-21(33)16-22(34)17-27(35)36-29(2,3)4)28(19-9-11-20(31)12-10-19)23-7-5-6-8-25(23)32-26/h5-14,18,21-22,33-34H,15-17H2,1-4H3/b14-13+/t18?,21-,22-/m1/s1. The summed E-state index contributed by atoms with van der Waals surface area (Å²) in [5.41, 5.74) is 3.30. The van der Waals surface area contributed by atoms with E-state index in [1.165, 1.54) is 12.1 Å². The second-order valence-corrected chi connectivity index (χ2v) is 10.7. The molecule has 0 aliphatic heterocycles. The van der Waals surface area contributed by atoms with Crippen molar-refractivity contribution in [1.82, 2.24) is 4.98 Å². The highest BCUT2D eigenvalue weighted by atomic mass is 35.5. The zero-order chi connectivity index (χ0) is 26.5. The second kappa shape index (κ2) is 12.0. The van der Waals surface area contributed by atoms with Gasteiger partial charge in [-0.05, 0) is 51.5 Å². The van der Waals surface area contributed by atoms with Crippen molar-refractivity contribution in [3.8, 4) is 11.1 Å². The fraction of sp³-hybridized carbons (Fsp3) is 0.379. The maximum atomic E-state index is 13.7. The number of carbonyl (C=O) groups is 1. The van der Waals surface area contributed by atoms with E-state index >= 15 is 0 Å². The van der Waals surface area contributed by atoms with Crippen molar-refractivity contribution in [3.05, 3.63) is 71.7 Å². The van der Waals surface area contributed by atoms with E-state index in [9.17, 15) is 19.4 Å². The summed E-state index contributed by atoms with van der Waals surface area (Å²) in [5.74, 6) is -0.861. The van der Waals surface area contributed by atoms with Gasteiger partial charge in [0.25, 0.3) is 0 Å². The lowest BCUT2D eigenvalue weighted by Crippen LogP contribution is -2.27. The molecule has 0 saturated heterocycles. The average molecular weight is 514 g/mol. The molecule has 0 radical (unpaired) electrons. The molecule has 3 rings (SSSR count). The van der Waals surface area contributed by atoms with Gasteiger partial charge in [-0.25, -0.2) is 4.39 Å². The number of aromatic nitrogens is 1. The molecule has 2 aromatic carbocycles. The SMILES string of the molecule is CC(Cl)Cc1nc2ccccc2c(-c2ccc(F)cc2)c1/C=C/[C@@H](O)C[C@@H](O)CC(=O)OC(C)(C)C. The van der Waals surface area contributed by atoms with Gasteiger partial charge in [0.15, 0.2) is 0 Å². The van der Waals surface area contributed by atoms with Crippen LogP contribution in [0.25, 0.3) is 28.1 Å². The van der Waals surface area contributed by atoms with E-state index in [2.05, 4.69) is 0 Å². The molecule has 1 aromatic heterocycles. The largest absolute Gasteiger partial charge is 0.460 e. The summed E-state index contributed by atoms with van der Waals surface area (Å²) in [6.45, 7) is 7.14. The van der Waals surface area contributed by atoms with Gasteiger partial charge in [-0.2, -0.15) is 0 Å². The number of benzene rings is 2. The molecule has 3 aromatic rings. The molecule has 3 atom stereocenters. The average Bonchev–Trinajstić information content (AvgIpc) is 2.76. The van der Waals surface area contributed by atoms with E-state index < -0.39 is 23.8 Å². The Morgan fingerprint density at radius 2 is 1.81 bits per heavy atom. The maximum absolute atomic E-state index is 13.7. The van der Waals surface area contributed by atoms with Crippen LogP contribution in [0.3, 0.4) is 0 Å². The molecule has 1 unspecified atom stereocenters. The van der Waals surface area contributed by atoms with Crippen LogP contribution in [-0.4, -0.2) is 44.4 Å². The number of para-hydroxylation sites is 1. The van der Waals surface area contributed by atoms with E-state index in [4.69, 9.17) is 21.3 Å². The van der Waals surface area contributed by atoms with E-state index in [1.54, 1.807) is 45.1 Å². The van der Waals surface area contributed by atoms with Gasteiger partial charge in [-0.15, -0.1) is 11.6 Å². The van der Waals surface area contributed by atoms with E-state index in [1.807, 2.05) is 31.2 Å². The van der Waals surface area contributed by atoms with Crippen molar-refractivity contribution < 1.29 is 24.1 Å². The first-order valence-electron chi connectivity index (χ1n) is 12.0. The van der Waals surface area contributed by atoms with E-state index in [0.717, 1.165) is 33.3 Å². The highest BCUT2D eigenvalue weighted by molar-refractivity contribution is 6.20. The Hall–Kier alpha value is -2.80. The van der Waals surface area contributed by atoms with E-state index in [0.29, 0.717) is 6.42 Å². The highest BCUT2D eigenvalue weighted by Gasteiger charge is 2.21. The number of alkyl halides is 1. The molecule has 1 heterocycles. The summed E-state index contributed by atoms with van der Waals surface area (Å²) in [6, 6.07) is 13.9. The first kappa shape index (κ1) is 27.8. The molecule has 0 fully saturated rings. The molecule has 7 heteroatoms. The summed E-state index contributed by atoms with van der Waals surface area (Å²) >= 11 is 6.34. The Balaban J connectivity index is 1.96. The van der Waals surface area contributed by atoms with Crippen molar-refractivity contribution in [2.45, 2.75) is 70.1 Å². The van der Waals surface area contributed by atoms with Crippen LogP contribution in [0, 0.1) is 5.82 Å². The van der Waals surface area contributed by atoms with Crippen molar-refractivity contribution >= 4 is 34.5 Å². The topological polar surface area (TPSA) is 79.7 Å². The molecule has 5 nitrogen and oxygen atoms in total. The van der Waals surface area contributed by atoms with Gasteiger partial charge in [0.2, 0.25) is 0 Å². The molecular formula is C29H33ClFNO4. The number of hydrogen-bond donors (Lipinski definition) is 2. The molecule has 0 saturated carbocycles. The third kappa shape index (κ3) is 7.85. The molecule has 0 aliphatic rings. The fourth-order valence-electron chi connectivity index (χ4n) is 4.03. The first-order valence-corrected chi connectivity index (χ1v) is 12.4. The van der Waals surface area contributed by atoms with Crippen LogP contribution in [0.5, 0.6) is 0 Å². The second-order valence-electron chi connectivity index (χ2n) is 9.96. The number of nitrogens with zero attached hydrogens (tertiary/aromatic N) is 1. The van der Waals surface area contributed by atoms with Gasteiger partial charge in [0.05, 0.1) is 29.8 Å². The quantitative estimate of drug-likeness (QED) is 0.268. The van der Waals surface area contributed by atoms with Crippen LogP contribution in [0.15, 0.2) is 54.6 Å². The number of esters is 1. The molecule has 36 heavy (non-hydrogen) atoms. The van der Waals surface area contributed by atoms with Crippen LogP contribution in [-0.2, 0) is 16.0 Å². The third-order valence-electron chi connectivity index (χ3n) is 5.44. The Labute approximate surface area is 216 Å². The minimum Gasteiger partial charge on any atom is -0.460 e. The fourth-order valence-corrected chi connectivity index (χ4v) is 4.18. The maximum Gasteiger partial charge on any atom is 0.308 e. The number of pyridine rings is 1. The minimum absolute atomic E-state index is 0.0378. The molecular weight excluding hydrogens is 481 g/mol. The van der Waals surface area contributed by atoms with Crippen molar-refractivity contribution in [3.63, 3.8) is 0 Å². The number of fused-ring (bicyclic) bond motifs is 1. The van der Waals surface area contributed by atoms with Crippen LogP contribution >= 0.6 is 11.6 Å². The van der Waals surface area contributed by atoms with Crippen molar-refractivity contribution in [2.24, 2.45) is 0 Å². The monoisotopic (exact) mass is 513 g/mol. The molecule has 2 N–H and O–H groups in total. The Morgan fingerprint density at radius 3 is 2.44 bits per heavy atom. The number of aliphatic hydroxyl groups is 2. The molecule has 192 valence electrons. The highest BCUT2D eigenvalue weighted by Crippen LogP contribution is 2.35. The minimum atomic E-state index is -1.06. The van der Waals surface area contributed by atoms with Gasteiger partial charge in [0, 0.05) is 34.7 Å². The predicted molar refractivity (Wildman–Crippen MR) is 142 cm³/mol. The summed E-state index contributed by atoms with van der Waals surface area (Å²) in [6.07, 6.45) is 1.48. The van der Waals surface area contributed by atoms with Crippen molar-refractivity contribution in [2.75, 3.05) is 0 Å². The van der Waals surface area contributed by atoms with Gasteiger partial charge in [-0.1, -0.05) is 42.5 Å². The van der Waals surface area contributed by atoms with Crippen LogP contribution in [0.2, 0.25) is 0 Å². The molecule has 0 amide bonds. The third-order valence-corrected chi connectivity index (χ3v) is 5.59. The summed E-state index contributed by atoms with van der Waals surface area (Å²) in [5, 5.41) is 21.6. The van der Waals surface area contributed by atoms with Gasteiger partial charge >= 0.3 is 5.97 Å². The van der Waals surface area contributed by atoms with Crippen molar-refractivity contribution in [1.29, 1.82) is 0 Å². The number of rotatable bonds is 9. The lowest BCUT2D eigenvalue weighted by atomic mass is 9.92. The molecule has 0 bridgehead atoms. The lowest BCUT2D eigenvalue weighted by Gasteiger charge is -2.21. The zero-order valence-electron chi connectivity index (χ0n) is 21.0. The first-order chi connectivity index (χ1) is 16.9. The van der Waals surface area contributed by atoms with Crippen LogP contribution < -0.4 is 0 Å². The lowest BCUT2D eigenvalue weighted by molar-refractivity contribution is -0.157. The number of ether oxygens (including phenoxy) is 1. The van der Waals surface area contributed by atoms with Gasteiger partial charge < -0.3 is 14.9 Å². The Bertz CT molecular complexity index is 1220. The van der Waals surface area contributed by atoms with Crippen LogP contribution in [0.1, 0.15) is 51.8 Å². The smallest absolute Gasteiger partial charge is 0.308 e. The number of halogens is 2. The summed E-state index contributed by atoms with van der Waals surface area (Å²) in [7, 11) is 0. The van der Waals surface area contributed by atoms with Gasteiger partial charge in [0.1, 0.15) is 11.4 Å². The molecule has 0 aliphatic carbocycles. The van der Waals surface area contributed by atoms with E-state index in [-0.39, 0.29) is 24.0 Å². The predicted octanol–water partition coefficient (Wildman–Crippen LogP) is 6.07.